The molecule has 0 saturated heterocycles. The van der Waals surface area contributed by atoms with E-state index < -0.39 is 6.71 Å². The van der Waals surface area contributed by atoms with E-state index in [1.165, 1.54) is 0 Å². The molecule has 0 amide bonds. The lowest BCUT2D eigenvalue weighted by Gasteiger charge is -2.46. The third kappa shape index (κ3) is 10.5. The Morgan fingerprint density at radius 2 is 0.561 bits per heavy atom. The number of anilines is 6. The summed E-state index contributed by atoms with van der Waals surface area (Å²) in [5, 5.41) is 6.50. The molecule has 114 heavy (non-hydrogen) atoms. The zero-order valence-electron chi connectivity index (χ0n) is 62.0. The molecule has 0 radical (unpaired) electrons. The van der Waals surface area contributed by atoms with Gasteiger partial charge in [0.25, 0.3) is 6.71 Å². The zero-order valence-corrected chi connectivity index (χ0v) is 62.0. The van der Waals surface area contributed by atoms with E-state index in [1.807, 2.05) is 0 Å². The van der Waals surface area contributed by atoms with Crippen LogP contribution < -0.4 is 26.2 Å². The normalized spacial score (nSPS) is 12.3. The molecule has 18 aromatic carbocycles. The number of fused-ring (bicyclic) bond motifs is 13. The van der Waals surface area contributed by atoms with Gasteiger partial charge in [0.1, 0.15) is 22.3 Å². The monoisotopic (exact) mass is 1450 g/mol. The molecular weight excluding hydrogens is 1380 g/mol. The number of aromatic nitrogens is 1. The van der Waals surface area contributed by atoms with Crippen LogP contribution in [0.25, 0.3) is 172 Å². The van der Waals surface area contributed by atoms with Crippen LogP contribution in [-0.4, -0.2) is 11.3 Å². The van der Waals surface area contributed by atoms with Gasteiger partial charge in [0.05, 0.1) is 22.4 Å². The van der Waals surface area contributed by atoms with E-state index in [9.17, 15) is 0 Å². The van der Waals surface area contributed by atoms with Gasteiger partial charge < -0.3 is 23.2 Å². The van der Waals surface area contributed by atoms with Crippen molar-refractivity contribution in [2.75, 3.05) is 9.80 Å². The summed E-state index contributed by atoms with van der Waals surface area (Å²) in [6, 6.07) is 153. The van der Waals surface area contributed by atoms with Gasteiger partial charge in [0, 0.05) is 88.6 Å². The summed E-state index contributed by atoms with van der Waals surface area (Å²) in [5.74, 6) is 0. The molecule has 0 bridgehead atoms. The second-order valence-corrected chi connectivity index (χ2v) is 30.1. The summed E-state index contributed by atoms with van der Waals surface area (Å²) in [4.78, 5) is 5.36. The molecular formula is C108H68BN3O2. The van der Waals surface area contributed by atoms with E-state index in [0.717, 1.165) is 222 Å². The van der Waals surface area contributed by atoms with Crippen molar-refractivity contribution in [3.05, 3.63) is 413 Å². The Morgan fingerprint density at radius 3 is 1.05 bits per heavy atom. The van der Waals surface area contributed by atoms with Crippen molar-refractivity contribution >= 4 is 123 Å². The Bertz CT molecular complexity index is 7210. The summed E-state index contributed by atoms with van der Waals surface area (Å²) >= 11 is 0. The standard InChI is InChI=1S/C108H68BN3O2/c1-6-29-69(30-7-1)73-37-22-41-77(59-73)83-50-26-51-84(78-42-23-38-74(60-78)70-31-8-2-9-32-70)106(83)111-98-65-92-88-47-16-19-56-96(88)110(82-45-14-5-15-46-82)97(92)67-94(98)109-95-68-104-93(90-49-18-20-57-102(90)113-104)66-99(95)112(101-64-81(63-100(111)105(101)109)87-54-28-55-91-89-48-17-21-58-103(89)114-108(87)91)107-85(79-43-24-39-75(61-79)71-33-10-3-11-34-71)52-27-53-86(107)80-44-25-40-76(62-80)72-35-12-4-13-36-72/h1-68H. The minimum atomic E-state index is -0.412. The Hall–Kier alpha value is -15.0. The number of hydrogen-bond acceptors (Lipinski definition) is 4. The first-order chi connectivity index (χ1) is 56.5. The smallest absolute Gasteiger partial charge is 0.252 e. The molecule has 0 saturated carbocycles. The number of hydrogen-bond donors (Lipinski definition) is 0. The Morgan fingerprint density at radius 1 is 0.202 bits per heavy atom. The first kappa shape index (κ1) is 65.0. The average molecular weight is 1450 g/mol. The molecule has 0 fully saturated rings. The summed E-state index contributed by atoms with van der Waals surface area (Å²) in [6.07, 6.45) is 0. The molecule has 0 N–H and O–H groups in total. The lowest BCUT2D eigenvalue weighted by Crippen LogP contribution is -2.61. The molecule has 21 aromatic rings. The van der Waals surface area contributed by atoms with Crippen LogP contribution in [0.3, 0.4) is 0 Å². The third-order valence-corrected chi connectivity index (χ3v) is 23.7. The molecule has 3 aromatic heterocycles. The molecule has 23 rings (SSSR count). The summed E-state index contributed by atoms with van der Waals surface area (Å²) in [6.45, 7) is -0.412. The maximum absolute atomic E-state index is 7.29. The molecule has 0 atom stereocenters. The highest BCUT2D eigenvalue weighted by Gasteiger charge is 2.47. The molecule has 0 unspecified atom stereocenters. The fraction of sp³-hybridized carbons (Fsp3) is 0. The Labute approximate surface area is 660 Å². The van der Waals surface area contributed by atoms with Crippen LogP contribution in [0, 0.1) is 0 Å². The number of benzene rings is 18. The largest absolute Gasteiger partial charge is 0.456 e. The van der Waals surface area contributed by atoms with Gasteiger partial charge in [-0.15, -0.1) is 0 Å². The van der Waals surface area contributed by atoms with E-state index in [1.54, 1.807) is 0 Å². The van der Waals surface area contributed by atoms with Crippen molar-refractivity contribution in [1.29, 1.82) is 0 Å². The highest BCUT2D eigenvalue weighted by molar-refractivity contribution is 7.00. The maximum atomic E-state index is 7.29. The summed E-state index contributed by atoms with van der Waals surface area (Å²) in [5.41, 5.74) is 36.0. The Kier molecular flexibility index (Phi) is 15.0. The molecule has 0 aliphatic carbocycles. The van der Waals surface area contributed by atoms with Crippen molar-refractivity contribution in [2.24, 2.45) is 0 Å². The molecule has 5 nitrogen and oxygen atoms in total. The molecule has 2 aliphatic heterocycles. The second kappa shape index (κ2) is 26.4. The predicted octanol–water partition coefficient (Wildman–Crippen LogP) is 27.7. The van der Waals surface area contributed by atoms with Gasteiger partial charge in [0.15, 0.2) is 0 Å². The van der Waals surface area contributed by atoms with Crippen molar-refractivity contribution in [2.45, 2.75) is 0 Å². The zero-order chi connectivity index (χ0) is 74.9. The van der Waals surface area contributed by atoms with Gasteiger partial charge in [-0.25, -0.2) is 0 Å². The van der Waals surface area contributed by atoms with Gasteiger partial charge in [0.2, 0.25) is 0 Å². The molecule has 2 aliphatic rings. The quantitative estimate of drug-likeness (QED) is 0.114. The van der Waals surface area contributed by atoms with Gasteiger partial charge in [-0.3, -0.25) is 0 Å². The first-order valence-electron chi connectivity index (χ1n) is 39.2. The fourth-order valence-corrected chi connectivity index (χ4v) is 18.6. The average Bonchev–Trinajstić information content (AvgIpc) is 1.06. The number of nitrogens with zero attached hydrogens (tertiary/aromatic N) is 3. The SMILES string of the molecule is c1ccc(-c2cccc(-c3cccc(-c4cccc(-c5ccccc5)c4)c3N3c4cc5c(cc4B4c6cc7c(cc6N(c6c(-c8cccc(-c9ccccc9)c8)cccc6-c6cccc(-c8ccccc8)c6)c6cc(-c8cccc9c8oc8ccccc89)cc3c64)c3ccccc3n7-c3ccccc3)oc3ccccc35)c2)cc1. The van der Waals surface area contributed by atoms with Crippen LogP contribution in [-0.2, 0) is 0 Å². The van der Waals surface area contributed by atoms with Crippen molar-refractivity contribution in [1.82, 2.24) is 4.57 Å². The van der Waals surface area contributed by atoms with E-state index >= 15 is 0 Å². The molecule has 5 heterocycles. The van der Waals surface area contributed by atoms with Gasteiger partial charge >= 0.3 is 0 Å². The summed E-state index contributed by atoms with van der Waals surface area (Å²) in [7, 11) is 0. The highest BCUT2D eigenvalue weighted by Crippen LogP contribution is 2.56. The van der Waals surface area contributed by atoms with Crippen LogP contribution in [0.2, 0.25) is 0 Å². The number of furan rings is 2. The van der Waals surface area contributed by atoms with E-state index in [0.29, 0.717) is 0 Å². The fourth-order valence-electron chi connectivity index (χ4n) is 18.6. The van der Waals surface area contributed by atoms with E-state index in [2.05, 4.69) is 427 Å². The summed E-state index contributed by atoms with van der Waals surface area (Å²) < 4.78 is 17.0. The predicted molar refractivity (Wildman–Crippen MR) is 478 cm³/mol. The maximum Gasteiger partial charge on any atom is 0.252 e. The lowest BCUT2D eigenvalue weighted by atomic mass is 9.33. The lowest BCUT2D eigenvalue weighted by molar-refractivity contribution is 0.669. The van der Waals surface area contributed by atoms with Crippen LogP contribution in [0.4, 0.5) is 34.1 Å². The minimum Gasteiger partial charge on any atom is -0.456 e. The second-order valence-electron chi connectivity index (χ2n) is 30.1. The van der Waals surface area contributed by atoms with Crippen molar-refractivity contribution < 1.29 is 8.83 Å². The van der Waals surface area contributed by atoms with Crippen LogP contribution in [0.15, 0.2) is 421 Å². The van der Waals surface area contributed by atoms with E-state index in [-0.39, 0.29) is 0 Å². The molecule has 0 spiro atoms. The first-order valence-corrected chi connectivity index (χ1v) is 39.2. The van der Waals surface area contributed by atoms with Crippen LogP contribution in [0.5, 0.6) is 0 Å². The Balaban J connectivity index is 0.917. The number of para-hydroxylation sites is 7. The van der Waals surface area contributed by atoms with Gasteiger partial charge in [-0.2, -0.15) is 0 Å². The van der Waals surface area contributed by atoms with Crippen LogP contribution in [0.1, 0.15) is 0 Å². The van der Waals surface area contributed by atoms with E-state index in [4.69, 9.17) is 8.83 Å². The molecule has 6 heteroatoms. The van der Waals surface area contributed by atoms with Crippen LogP contribution >= 0.6 is 0 Å². The highest BCUT2D eigenvalue weighted by atomic mass is 16.3. The van der Waals surface area contributed by atoms with Crippen molar-refractivity contribution in [3.8, 4) is 106 Å². The molecule has 530 valence electrons. The number of rotatable bonds is 12. The third-order valence-electron chi connectivity index (χ3n) is 23.7. The van der Waals surface area contributed by atoms with Crippen molar-refractivity contribution in [3.63, 3.8) is 0 Å². The van der Waals surface area contributed by atoms with Gasteiger partial charge in [-0.05, 0) is 180 Å². The van der Waals surface area contributed by atoms with Gasteiger partial charge in [-0.1, -0.05) is 322 Å². The minimum absolute atomic E-state index is 0.412. The topological polar surface area (TPSA) is 37.7 Å².